The average molecular weight is 237 g/mol. The molecular weight excluding hydrogens is 214 g/mol. The van der Waals surface area contributed by atoms with Gasteiger partial charge in [-0.1, -0.05) is 24.9 Å². The Morgan fingerprint density at radius 1 is 1.41 bits per heavy atom. The van der Waals surface area contributed by atoms with Crippen molar-refractivity contribution in [1.82, 2.24) is 10.1 Å². The van der Waals surface area contributed by atoms with Crippen LogP contribution in [0.3, 0.4) is 0 Å². The number of hydrogen-bond donors (Lipinski definition) is 1. The van der Waals surface area contributed by atoms with Crippen molar-refractivity contribution in [2.45, 2.75) is 57.8 Å². The summed E-state index contributed by atoms with van der Waals surface area (Å²) < 4.78 is 5.37. The minimum absolute atomic E-state index is 0.217. The number of nitrogens with zero attached hydrogens (tertiary/aromatic N) is 2. The van der Waals surface area contributed by atoms with Gasteiger partial charge in [-0.3, -0.25) is 0 Å². The van der Waals surface area contributed by atoms with Gasteiger partial charge in [-0.25, -0.2) is 0 Å². The first-order chi connectivity index (χ1) is 8.03. The van der Waals surface area contributed by atoms with Crippen LogP contribution in [0.2, 0.25) is 0 Å². The number of aromatic nitrogens is 2. The van der Waals surface area contributed by atoms with E-state index >= 15 is 0 Å². The molecule has 0 bridgehead atoms. The van der Waals surface area contributed by atoms with Crippen molar-refractivity contribution in [2.24, 2.45) is 11.7 Å². The van der Waals surface area contributed by atoms with E-state index < -0.39 is 0 Å². The van der Waals surface area contributed by atoms with Gasteiger partial charge in [0, 0.05) is 12.5 Å². The lowest BCUT2D eigenvalue weighted by molar-refractivity contribution is 0.298. The van der Waals surface area contributed by atoms with Crippen LogP contribution in [0.5, 0.6) is 0 Å². The lowest BCUT2D eigenvalue weighted by Crippen LogP contribution is -2.28. The second-order valence-corrected chi connectivity index (χ2v) is 6.01. The Kier molecular flexibility index (Phi) is 3.52. The molecule has 1 aromatic rings. The molecule has 2 atom stereocenters. The van der Waals surface area contributed by atoms with E-state index in [1.165, 1.54) is 25.7 Å². The molecule has 0 aliphatic heterocycles. The topological polar surface area (TPSA) is 64.9 Å². The number of nitrogens with two attached hydrogens (primary N) is 1. The van der Waals surface area contributed by atoms with Crippen LogP contribution in [0.15, 0.2) is 4.52 Å². The molecule has 96 valence electrons. The first-order valence-corrected chi connectivity index (χ1v) is 6.57. The minimum atomic E-state index is -0.217. The zero-order valence-corrected chi connectivity index (χ0v) is 11.1. The lowest BCUT2D eigenvalue weighted by atomic mass is 9.82. The van der Waals surface area contributed by atoms with Gasteiger partial charge in [-0.05, 0) is 32.6 Å². The molecule has 1 aliphatic carbocycles. The fraction of sp³-hybridized carbons (Fsp3) is 0.846. The van der Waals surface area contributed by atoms with Gasteiger partial charge in [0.15, 0.2) is 5.82 Å². The Morgan fingerprint density at radius 3 is 2.82 bits per heavy atom. The molecule has 2 rings (SSSR count). The molecule has 0 aromatic carbocycles. The second-order valence-electron chi connectivity index (χ2n) is 6.01. The van der Waals surface area contributed by atoms with Gasteiger partial charge >= 0.3 is 0 Å². The third-order valence-electron chi connectivity index (χ3n) is 3.83. The van der Waals surface area contributed by atoms with Crippen molar-refractivity contribution >= 4 is 0 Å². The summed E-state index contributed by atoms with van der Waals surface area (Å²) in [5, 5.41) is 4.15. The summed E-state index contributed by atoms with van der Waals surface area (Å²) in [4.78, 5) is 4.55. The standard InChI is InChI=1S/C13H23N3O/c1-9-5-4-6-10(7-9)11-15-12(17-16-11)13(2,3)8-14/h9-10H,4-8,14H2,1-3H3. The number of hydrogen-bond acceptors (Lipinski definition) is 4. The third-order valence-corrected chi connectivity index (χ3v) is 3.83. The summed E-state index contributed by atoms with van der Waals surface area (Å²) in [6.45, 7) is 6.90. The predicted molar refractivity (Wildman–Crippen MR) is 66.8 cm³/mol. The maximum atomic E-state index is 5.72. The van der Waals surface area contributed by atoms with Crippen molar-refractivity contribution < 1.29 is 4.52 Å². The SMILES string of the molecule is CC1CCCC(c2noc(C(C)(C)CN)n2)C1. The Balaban J connectivity index is 2.12. The highest BCUT2D eigenvalue weighted by Crippen LogP contribution is 2.35. The molecule has 1 aromatic heterocycles. The van der Waals surface area contributed by atoms with Crippen LogP contribution in [-0.2, 0) is 5.41 Å². The molecule has 0 radical (unpaired) electrons. The molecule has 4 nitrogen and oxygen atoms in total. The highest BCUT2D eigenvalue weighted by atomic mass is 16.5. The molecule has 0 saturated heterocycles. The van der Waals surface area contributed by atoms with Crippen LogP contribution in [0.1, 0.15) is 64.1 Å². The fourth-order valence-corrected chi connectivity index (χ4v) is 2.43. The molecule has 1 fully saturated rings. The zero-order valence-electron chi connectivity index (χ0n) is 11.1. The fourth-order valence-electron chi connectivity index (χ4n) is 2.43. The smallest absolute Gasteiger partial charge is 0.233 e. The van der Waals surface area contributed by atoms with Crippen LogP contribution < -0.4 is 5.73 Å². The predicted octanol–water partition coefficient (Wildman–Crippen LogP) is 2.60. The summed E-state index contributed by atoms with van der Waals surface area (Å²) in [6, 6.07) is 0. The summed E-state index contributed by atoms with van der Waals surface area (Å²) in [6.07, 6.45) is 4.97. The summed E-state index contributed by atoms with van der Waals surface area (Å²) >= 11 is 0. The summed E-state index contributed by atoms with van der Waals surface area (Å²) in [5.41, 5.74) is 5.50. The molecule has 0 spiro atoms. The zero-order chi connectivity index (χ0) is 12.5. The molecule has 4 heteroatoms. The number of rotatable bonds is 3. The van der Waals surface area contributed by atoms with E-state index in [0.717, 1.165) is 11.7 Å². The summed E-state index contributed by atoms with van der Waals surface area (Å²) in [5.74, 6) is 2.81. The largest absolute Gasteiger partial charge is 0.339 e. The van der Waals surface area contributed by atoms with Crippen molar-refractivity contribution in [3.05, 3.63) is 11.7 Å². The molecular formula is C13H23N3O. The highest BCUT2D eigenvalue weighted by Gasteiger charge is 2.29. The van der Waals surface area contributed by atoms with E-state index in [0.29, 0.717) is 18.4 Å². The quantitative estimate of drug-likeness (QED) is 0.877. The van der Waals surface area contributed by atoms with Crippen LogP contribution in [0.25, 0.3) is 0 Å². The molecule has 1 saturated carbocycles. The van der Waals surface area contributed by atoms with Crippen molar-refractivity contribution in [1.29, 1.82) is 0 Å². The Hall–Kier alpha value is -0.900. The Labute approximate surface area is 103 Å². The lowest BCUT2D eigenvalue weighted by Gasteiger charge is -2.24. The van der Waals surface area contributed by atoms with E-state index in [9.17, 15) is 0 Å². The maximum absolute atomic E-state index is 5.72. The van der Waals surface area contributed by atoms with Gasteiger partial charge in [0.25, 0.3) is 0 Å². The van der Waals surface area contributed by atoms with Crippen LogP contribution >= 0.6 is 0 Å². The first-order valence-electron chi connectivity index (χ1n) is 6.57. The molecule has 2 unspecified atom stereocenters. The van der Waals surface area contributed by atoms with Gasteiger partial charge < -0.3 is 10.3 Å². The molecule has 17 heavy (non-hydrogen) atoms. The van der Waals surface area contributed by atoms with E-state index in [4.69, 9.17) is 10.3 Å². The summed E-state index contributed by atoms with van der Waals surface area (Å²) in [7, 11) is 0. The monoisotopic (exact) mass is 237 g/mol. The third kappa shape index (κ3) is 2.68. The van der Waals surface area contributed by atoms with Crippen LogP contribution in [0, 0.1) is 5.92 Å². The van der Waals surface area contributed by atoms with Gasteiger partial charge in [0.1, 0.15) is 0 Å². The first kappa shape index (κ1) is 12.6. The molecule has 1 aliphatic rings. The van der Waals surface area contributed by atoms with E-state index in [-0.39, 0.29) is 5.41 Å². The normalized spacial score (nSPS) is 26.1. The Bertz CT molecular complexity index is 372. The van der Waals surface area contributed by atoms with Gasteiger partial charge in [0.05, 0.1) is 5.41 Å². The van der Waals surface area contributed by atoms with Gasteiger partial charge in [0.2, 0.25) is 5.89 Å². The average Bonchev–Trinajstić information content (AvgIpc) is 2.79. The highest BCUT2D eigenvalue weighted by molar-refractivity contribution is 5.05. The van der Waals surface area contributed by atoms with Crippen molar-refractivity contribution in [3.63, 3.8) is 0 Å². The van der Waals surface area contributed by atoms with Gasteiger partial charge in [-0.2, -0.15) is 4.98 Å². The van der Waals surface area contributed by atoms with Crippen molar-refractivity contribution in [2.75, 3.05) is 6.54 Å². The van der Waals surface area contributed by atoms with E-state index in [1.54, 1.807) is 0 Å². The van der Waals surface area contributed by atoms with Gasteiger partial charge in [-0.15, -0.1) is 0 Å². The van der Waals surface area contributed by atoms with Crippen LogP contribution in [0.4, 0.5) is 0 Å². The molecule has 0 amide bonds. The van der Waals surface area contributed by atoms with E-state index in [1.807, 2.05) is 13.8 Å². The molecule has 1 heterocycles. The second kappa shape index (κ2) is 4.77. The van der Waals surface area contributed by atoms with Crippen molar-refractivity contribution in [3.8, 4) is 0 Å². The maximum Gasteiger partial charge on any atom is 0.233 e. The minimum Gasteiger partial charge on any atom is -0.339 e. The molecule has 2 N–H and O–H groups in total. The van der Waals surface area contributed by atoms with E-state index in [2.05, 4.69) is 17.1 Å². The Morgan fingerprint density at radius 2 is 2.18 bits per heavy atom. The van der Waals surface area contributed by atoms with Crippen LogP contribution in [-0.4, -0.2) is 16.7 Å².